The number of para-hydroxylation sites is 1. The summed E-state index contributed by atoms with van der Waals surface area (Å²) in [6.45, 7) is 1.42. The number of imidazole rings is 1. The predicted octanol–water partition coefficient (Wildman–Crippen LogP) is 5.18. The Bertz CT molecular complexity index is 1200. The summed E-state index contributed by atoms with van der Waals surface area (Å²) in [7, 11) is 0. The Morgan fingerprint density at radius 1 is 0.871 bits per heavy atom. The van der Waals surface area contributed by atoms with Crippen LogP contribution >= 0.6 is 12.2 Å². The molecule has 0 atom stereocenters. The fraction of sp³-hybridized carbons (Fsp3) is 0.120. The molecule has 2 N–H and O–H groups in total. The molecule has 0 aliphatic carbocycles. The summed E-state index contributed by atoms with van der Waals surface area (Å²) in [6.07, 6.45) is 1.64. The number of hydrogen-bond acceptors (Lipinski definition) is 3. The number of amides is 1. The van der Waals surface area contributed by atoms with Crippen molar-refractivity contribution in [3.63, 3.8) is 0 Å². The molecule has 6 heteroatoms. The topological polar surface area (TPSA) is 59.0 Å². The number of carbonyl (C=O) groups is 1. The number of hydrogen-bond donors (Lipinski definition) is 2. The van der Waals surface area contributed by atoms with Gasteiger partial charge in [-0.1, -0.05) is 72.8 Å². The van der Waals surface area contributed by atoms with Crippen molar-refractivity contribution in [2.24, 2.45) is 0 Å². The summed E-state index contributed by atoms with van der Waals surface area (Å²) in [5.74, 6) is -0.198. The molecule has 0 aliphatic heterocycles. The summed E-state index contributed by atoms with van der Waals surface area (Å²) < 4.78 is 8.10. The Labute approximate surface area is 186 Å². The van der Waals surface area contributed by atoms with E-state index in [9.17, 15) is 4.79 Å². The third-order valence-corrected chi connectivity index (χ3v) is 5.25. The van der Waals surface area contributed by atoms with Crippen LogP contribution < -0.4 is 5.32 Å². The zero-order valence-electron chi connectivity index (χ0n) is 17.0. The van der Waals surface area contributed by atoms with Gasteiger partial charge in [0.25, 0.3) is 5.91 Å². The zero-order chi connectivity index (χ0) is 21.5. The number of carbonyl (C=O) groups excluding carboxylic acids is 1. The maximum absolute atomic E-state index is 12.9. The summed E-state index contributed by atoms with van der Waals surface area (Å²) in [6, 6.07) is 27.6. The maximum atomic E-state index is 12.9. The lowest BCUT2D eigenvalue weighted by Crippen LogP contribution is -2.25. The van der Waals surface area contributed by atoms with Crippen molar-refractivity contribution in [3.05, 3.63) is 118 Å². The third kappa shape index (κ3) is 5.17. The van der Waals surface area contributed by atoms with Gasteiger partial charge in [-0.2, -0.15) is 0 Å². The van der Waals surface area contributed by atoms with Crippen molar-refractivity contribution < 1.29 is 9.53 Å². The van der Waals surface area contributed by atoms with Gasteiger partial charge in [-0.25, -0.2) is 0 Å². The van der Waals surface area contributed by atoms with Crippen LogP contribution in [0.2, 0.25) is 0 Å². The van der Waals surface area contributed by atoms with E-state index in [0.717, 1.165) is 22.4 Å². The van der Waals surface area contributed by atoms with Crippen molar-refractivity contribution >= 4 is 18.1 Å². The molecule has 0 spiro atoms. The van der Waals surface area contributed by atoms with Crippen molar-refractivity contribution in [1.82, 2.24) is 14.9 Å². The fourth-order valence-corrected chi connectivity index (χ4v) is 3.62. The van der Waals surface area contributed by atoms with Crippen LogP contribution in [0.15, 0.2) is 91.1 Å². The largest absolute Gasteiger partial charge is 0.372 e. The standard InChI is InChI=1S/C25H23N3O2S/c29-24(23-16-27-25(31)28(23)22-13-5-2-6-14-22)26-15-20-11-7-8-12-21(20)18-30-17-19-9-3-1-4-10-19/h1-14,16H,15,17-18H2,(H,26,29)(H,27,31). The highest BCUT2D eigenvalue weighted by atomic mass is 32.1. The molecular formula is C25H23N3O2S. The minimum atomic E-state index is -0.198. The molecule has 0 aliphatic rings. The number of benzene rings is 3. The molecular weight excluding hydrogens is 406 g/mol. The number of aromatic nitrogens is 2. The first-order valence-electron chi connectivity index (χ1n) is 10.0. The lowest BCUT2D eigenvalue weighted by Gasteiger charge is -2.12. The summed E-state index contributed by atoms with van der Waals surface area (Å²) in [5, 5.41) is 3.01. The Morgan fingerprint density at radius 2 is 1.52 bits per heavy atom. The summed E-state index contributed by atoms with van der Waals surface area (Å²) in [4.78, 5) is 15.9. The molecule has 0 saturated heterocycles. The third-order valence-electron chi connectivity index (χ3n) is 4.95. The van der Waals surface area contributed by atoms with Crippen LogP contribution in [0.25, 0.3) is 5.69 Å². The Hall–Kier alpha value is -3.48. The molecule has 5 nitrogen and oxygen atoms in total. The van der Waals surface area contributed by atoms with Crippen molar-refractivity contribution in [1.29, 1.82) is 0 Å². The van der Waals surface area contributed by atoms with Gasteiger partial charge in [-0.3, -0.25) is 9.36 Å². The number of ether oxygens (including phenoxy) is 1. The van der Waals surface area contributed by atoms with Crippen LogP contribution in [-0.4, -0.2) is 15.5 Å². The molecule has 4 rings (SSSR count). The molecule has 0 radical (unpaired) electrons. The van der Waals surface area contributed by atoms with Gasteiger partial charge in [0.2, 0.25) is 0 Å². The number of aromatic amines is 1. The number of H-pyrrole nitrogens is 1. The van der Waals surface area contributed by atoms with E-state index in [-0.39, 0.29) is 5.91 Å². The highest BCUT2D eigenvalue weighted by molar-refractivity contribution is 7.71. The summed E-state index contributed by atoms with van der Waals surface area (Å²) >= 11 is 5.37. The molecule has 0 unspecified atom stereocenters. The van der Waals surface area contributed by atoms with E-state index in [1.807, 2.05) is 84.9 Å². The molecule has 3 aromatic carbocycles. The first-order chi connectivity index (χ1) is 15.2. The lowest BCUT2D eigenvalue weighted by molar-refractivity contribution is 0.0941. The van der Waals surface area contributed by atoms with Crippen molar-refractivity contribution in [2.45, 2.75) is 19.8 Å². The van der Waals surface area contributed by atoms with E-state index < -0.39 is 0 Å². The number of rotatable bonds is 8. The van der Waals surface area contributed by atoms with Gasteiger partial charge in [0.15, 0.2) is 4.77 Å². The number of nitrogens with one attached hydrogen (secondary N) is 2. The molecule has 31 heavy (non-hydrogen) atoms. The first kappa shape index (κ1) is 20.8. The molecule has 4 aromatic rings. The van der Waals surface area contributed by atoms with Crippen LogP contribution in [0.5, 0.6) is 0 Å². The molecule has 0 bridgehead atoms. The van der Waals surface area contributed by atoms with E-state index >= 15 is 0 Å². The fourth-order valence-electron chi connectivity index (χ4n) is 3.36. The average molecular weight is 430 g/mol. The molecule has 156 valence electrons. The molecule has 0 fully saturated rings. The van der Waals surface area contributed by atoms with Gasteiger partial charge >= 0.3 is 0 Å². The van der Waals surface area contributed by atoms with Gasteiger partial charge in [0, 0.05) is 18.4 Å². The second-order valence-corrected chi connectivity index (χ2v) is 7.47. The monoisotopic (exact) mass is 429 g/mol. The second kappa shape index (κ2) is 10.0. The zero-order valence-corrected chi connectivity index (χ0v) is 17.8. The quantitative estimate of drug-likeness (QED) is 0.379. The molecule has 1 amide bonds. The van der Waals surface area contributed by atoms with E-state index in [4.69, 9.17) is 17.0 Å². The molecule has 0 saturated carbocycles. The van der Waals surface area contributed by atoms with E-state index in [0.29, 0.717) is 30.2 Å². The van der Waals surface area contributed by atoms with Gasteiger partial charge < -0.3 is 15.0 Å². The number of nitrogens with zero attached hydrogens (tertiary/aromatic N) is 1. The van der Waals surface area contributed by atoms with E-state index in [2.05, 4.69) is 10.3 Å². The normalized spacial score (nSPS) is 10.7. The maximum Gasteiger partial charge on any atom is 0.270 e. The van der Waals surface area contributed by atoms with Crippen molar-refractivity contribution in [3.8, 4) is 5.69 Å². The van der Waals surface area contributed by atoms with E-state index in [1.54, 1.807) is 10.8 Å². The Balaban J connectivity index is 1.42. The SMILES string of the molecule is O=C(NCc1ccccc1COCc1ccccc1)c1c[nH]c(=S)n1-c1ccccc1. The minimum Gasteiger partial charge on any atom is -0.372 e. The van der Waals surface area contributed by atoms with Crippen LogP contribution in [0.4, 0.5) is 0 Å². The van der Waals surface area contributed by atoms with Gasteiger partial charge in [-0.15, -0.1) is 0 Å². The average Bonchev–Trinajstić information content (AvgIpc) is 3.21. The molecule has 1 aromatic heterocycles. The van der Waals surface area contributed by atoms with E-state index in [1.165, 1.54) is 0 Å². The first-order valence-corrected chi connectivity index (χ1v) is 10.5. The summed E-state index contributed by atoms with van der Waals surface area (Å²) in [5.41, 5.74) is 4.51. The van der Waals surface area contributed by atoms with Crippen molar-refractivity contribution in [2.75, 3.05) is 0 Å². The van der Waals surface area contributed by atoms with Gasteiger partial charge in [0.05, 0.1) is 13.2 Å². The predicted molar refractivity (Wildman–Crippen MR) is 124 cm³/mol. The second-order valence-electron chi connectivity index (χ2n) is 7.08. The minimum absolute atomic E-state index is 0.198. The van der Waals surface area contributed by atoms with Crippen LogP contribution in [0, 0.1) is 4.77 Å². The highest BCUT2D eigenvalue weighted by Gasteiger charge is 2.14. The van der Waals surface area contributed by atoms with Gasteiger partial charge in [0.1, 0.15) is 5.69 Å². The van der Waals surface area contributed by atoms with Gasteiger partial charge in [-0.05, 0) is 41.0 Å². The Kier molecular flexibility index (Phi) is 6.72. The smallest absolute Gasteiger partial charge is 0.270 e. The lowest BCUT2D eigenvalue weighted by atomic mass is 10.1. The van der Waals surface area contributed by atoms with Crippen LogP contribution in [0.1, 0.15) is 27.2 Å². The molecule has 1 heterocycles. The highest BCUT2D eigenvalue weighted by Crippen LogP contribution is 2.14. The van der Waals surface area contributed by atoms with Crippen LogP contribution in [-0.2, 0) is 24.5 Å². The van der Waals surface area contributed by atoms with Crippen LogP contribution in [0.3, 0.4) is 0 Å². The Morgan fingerprint density at radius 3 is 2.26 bits per heavy atom.